The number of hydrogen-bond donors (Lipinski definition) is 1. The summed E-state index contributed by atoms with van der Waals surface area (Å²) in [6, 6.07) is 2.94. The fourth-order valence-electron chi connectivity index (χ4n) is 1.97. The molecule has 0 radical (unpaired) electrons. The Labute approximate surface area is 121 Å². The summed E-state index contributed by atoms with van der Waals surface area (Å²) in [4.78, 5) is 4.14. The number of hydrogen-bond acceptors (Lipinski definition) is 5. The highest BCUT2D eigenvalue weighted by molar-refractivity contribution is 9.11. The molecule has 1 aromatic heterocycles. The molecule has 0 aliphatic carbocycles. The van der Waals surface area contributed by atoms with Crippen LogP contribution in [0.2, 0.25) is 0 Å². The first kappa shape index (κ1) is 13.2. The molecule has 0 amide bonds. The molecule has 4 nitrogen and oxygen atoms in total. The van der Waals surface area contributed by atoms with Crippen molar-refractivity contribution in [2.75, 3.05) is 13.2 Å². The van der Waals surface area contributed by atoms with E-state index in [2.05, 4.69) is 20.9 Å². The number of aliphatic hydroxyl groups is 1. The Bertz CT molecular complexity index is 606. The highest BCUT2D eigenvalue weighted by atomic mass is 79.9. The van der Waals surface area contributed by atoms with Crippen LogP contribution < -0.4 is 4.74 Å². The quantitative estimate of drug-likeness (QED) is 0.907. The lowest BCUT2D eigenvalue weighted by Gasteiger charge is -2.28. The number of ether oxygens (including phenoxy) is 2. The molecule has 1 fully saturated rings. The van der Waals surface area contributed by atoms with E-state index < -0.39 is 18.0 Å². The van der Waals surface area contributed by atoms with Gasteiger partial charge in [-0.1, -0.05) is 0 Å². The molecule has 0 spiro atoms. The van der Waals surface area contributed by atoms with Gasteiger partial charge in [0.15, 0.2) is 15.5 Å². The molecule has 2 heterocycles. The number of aliphatic hydroxyl groups excluding tert-OH is 1. The molecule has 1 aliphatic heterocycles. The number of thiazole rings is 1. The van der Waals surface area contributed by atoms with Gasteiger partial charge in [-0.05, 0) is 15.9 Å². The van der Waals surface area contributed by atoms with E-state index in [1.54, 1.807) is 6.07 Å². The van der Waals surface area contributed by atoms with E-state index in [0.29, 0.717) is 22.5 Å². The maximum absolute atomic E-state index is 13.9. The lowest BCUT2D eigenvalue weighted by molar-refractivity contribution is -0.0744. The van der Waals surface area contributed by atoms with Crippen LogP contribution in [0.5, 0.6) is 5.75 Å². The summed E-state index contributed by atoms with van der Waals surface area (Å²) < 4.78 is 26.2. The number of halogens is 2. The largest absolute Gasteiger partial charge is 0.482 e. The van der Waals surface area contributed by atoms with Crippen LogP contribution in [0.1, 0.15) is 6.42 Å². The summed E-state index contributed by atoms with van der Waals surface area (Å²) >= 11 is 4.67. The number of nitrogens with zero attached hydrogens (tertiary/aromatic N) is 1. The van der Waals surface area contributed by atoms with Crippen LogP contribution in [0.25, 0.3) is 10.2 Å². The second-order valence-corrected chi connectivity index (χ2v) is 6.61. The minimum absolute atomic E-state index is 0.123. The van der Waals surface area contributed by atoms with Gasteiger partial charge in [0, 0.05) is 25.2 Å². The summed E-state index contributed by atoms with van der Waals surface area (Å²) in [6.07, 6.45) is -0.658. The molecule has 1 aromatic carbocycles. The molecule has 102 valence electrons. The lowest BCUT2D eigenvalue weighted by atomic mass is 10.1. The van der Waals surface area contributed by atoms with E-state index in [-0.39, 0.29) is 12.4 Å². The van der Waals surface area contributed by atoms with Gasteiger partial charge in [-0.3, -0.25) is 0 Å². The van der Waals surface area contributed by atoms with Crippen LogP contribution in [0, 0.1) is 5.82 Å². The summed E-state index contributed by atoms with van der Waals surface area (Å²) in [5, 5.41) is 9.79. The van der Waals surface area contributed by atoms with Gasteiger partial charge in [-0.15, -0.1) is 11.3 Å². The highest BCUT2D eigenvalue weighted by Crippen LogP contribution is 2.32. The van der Waals surface area contributed by atoms with E-state index in [1.165, 1.54) is 17.4 Å². The normalized spacial score (nSPS) is 23.7. The Morgan fingerprint density at radius 1 is 1.53 bits per heavy atom. The van der Waals surface area contributed by atoms with Crippen LogP contribution in [0.4, 0.5) is 4.39 Å². The highest BCUT2D eigenvalue weighted by Gasteiger charge is 2.26. The first-order valence-electron chi connectivity index (χ1n) is 5.81. The SMILES string of the molecule is O[C@H]1CCOC[C@H]1Oc1cc2sc(Br)nc2cc1F. The molecule has 0 saturated carbocycles. The number of benzene rings is 1. The van der Waals surface area contributed by atoms with Gasteiger partial charge >= 0.3 is 0 Å². The minimum atomic E-state index is -0.628. The molecule has 19 heavy (non-hydrogen) atoms. The monoisotopic (exact) mass is 347 g/mol. The molecule has 2 aromatic rings. The second kappa shape index (κ2) is 5.32. The third-order valence-corrected chi connectivity index (χ3v) is 4.43. The van der Waals surface area contributed by atoms with Crippen LogP contribution in [0.3, 0.4) is 0 Å². The lowest BCUT2D eigenvalue weighted by Crippen LogP contribution is -2.41. The van der Waals surface area contributed by atoms with Gasteiger partial charge < -0.3 is 14.6 Å². The summed E-state index contributed by atoms with van der Waals surface area (Å²) in [7, 11) is 0. The Hall–Kier alpha value is -0.760. The zero-order valence-corrected chi connectivity index (χ0v) is 12.2. The molecular formula is C12H11BrFNO3S. The van der Waals surface area contributed by atoms with Gasteiger partial charge in [-0.2, -0.15) is 0 Å². The summed E-state index contributed by atoms with van der Waals surface area (Å²) in [5.41, 5.74) is 0.585. The maximum Gasteiger partial charge on any atom is 0.167 e. The third-order valence-electron chi connectivity index (χ3n) is 2.96. The first-order valence-corrected chi connectivity index (χ1v) is 7.42. The Morgan fingerprint density at radius 3 is 3.16 bits per heavy atom. The zero-order valence-electron chi connectivity index (χ0n) is 9.81. The van der Waals surface area contributed by atoms with Gasteiger partial charge in [0.2, 0.25) is 0 Å². The summed E-state index contributed by atoms with van der Waals surface area (Å²) in [6.45, 7) is 0.773. The topological polar surface area (TPSA) is 51.6 Å². The van der Waals surface area contributed by atoms with Crippen molar-refractivity contribution in [2.24, 2.45) is 0 Å². The molecule has 3 rings (SSSR count). The van der Waals surface area contributed by atoms with Crippen molar-refractivity contribution in [1.82, 2.24) is 4.98 Å². The average molecular weight is 348 g/mol. The van der Waals surface area contributed by atoms with Gasteiger partial charge in [-0.25, -0.2) is 9.37 Å². The molecule has 0 bridgehead atoms. The van der Waals surface area contributed by atoms with E-state index in [9.17, 15) is 9.50 Å². The van der Waals surface area contributed by atoms with Crippen LogP contribution in [0.15, 0.2) is 16.0 Å². The number of fused-ring (bicyclic) bond motifs is 1. The number of aromatic nitrogens is 1. The Morgan fingerprint density at radius 2 is 2.37 bits per heavy atom. The second-order valence-electron chi connectivity index (χ2n) is 4.30. The van der Waals surface area contributed by atoms with Crippen LogP contribution >= 0.6 is 27.3 Å². The molecule has 0 unspecified atom stereocenters. The first-order chi connectivity index (χ1) is 9.13. The van der Waals surface area contributed by atoms with Crippen molar-refractivity contribution in [3.8, 4) is 5.75 Å². The van der Waals surface area contributed by atoms with E-state index in [0.717, 1.165) is 4.70 Å². The maximum atomic E-state index is 13.9. The molecule has 1 saturated heterocycles. The predicted molar refractivity (Wildman–Crippen MR) is 73.1 cm³/mol. The minimum Gasteiger partial charge on any atom is -0.482 e. The fraction of sp³-hybridized carbons (Fsp3) is 0.417. The molecule has 1 N–H and O–H groups in total. The van der Waals surface area contributed by atoms with Gasteiger partial charge in [0.05, 0.1) is 22.9 Å². The van der Waals surface area contributed by atoms with Crippen molar-refractivity contribution in [1.29, 1.82) is 0 Å². The van der Waals surface area contributed by atoms with E-state index in [1.807, 2.05) is 0 Å². The van der Waals surface area contributed by atoms with E-state index >= 15 is 0 Å². The van der Waals surface area contributed by atoms with Crippen molar-refractivity contribution >= 4 is 37.5 Å². The smallest absolute Gasteiger partial charge is 0.167 e. The third kappa shape index (κ3) is 2.74. The van der Waals surface area contributed by atoms with Crippen molar-refractivity contribution in [2.45, 2.75) is 18.6 Å². The number of rotatable bonds is 2. The zero-order chi connectivity index (χ0) is 13.4. The van der Waals surface area contributed by atoms with Gasteiger partial charge in [0.25, 0.3) is 0 Å². The van der Waals surface area contributed by atoms with Crippen molar-refractivity contribution < 1.29 is 19.0 Å². The average Bonchev–Trinajstić information content (AvgIpc) is 2.71. The van der Waals surface area contributed by atoms with Crippen molar-refractivity contribution in [3.05, 3.63) is 21.9 Å². The van der Waals surface area contributed by atoms with Crippen LogP contribution in [-0.2, 0) is 4.74 Å². The molecular weight excluding hydrogens is 337 g/mol. The Balaban J connectivity index is 1.89. The standard InChI is InChI=1S/C12H11BrFNO3S/c13-12-15-7-3-6(14)9(4-11(7)19-12)18-10-5-17-2-1-8(10)16/h3-4,8,10,16H,1-2,5H2/t8-,10+/m0/s1. The molecule has 1 aliphatic rings. The predicted octanol–water partition coefficient (Wildman–Crippen LogP) is 2.73. The van der Waals surface area contributed by atoms with Crippen molar-refractivity contribution in [3.63, 3.8) is 0 Å². The van der Waals surface area contributed by atoms with Crippen LogP contribution in [-0.4, -0.2) is 35.5 Å². The fourth-order valence-corrected chi connectivity index (χ4v) is 3.38. The summed E-state index contributed by atoms with van der Waals surface area (Å²) in [5.74, 6) is -0.360. The van der Waals surface area contributed by atoms with Gasteiger partial charge in [0.1, 0.15) is 6.10 Å². The molecule has 2 atom stereocenters. The Kier molecular flexibility index (Phi) is 3.70. The van der Waals surface area contributed by atoms with E-state index in [4.69, 9.17) is 9.47 Å². The molecule has 7 heteroatoms.